The number of aromatic nitrogens is 1. The summed E-state index contributed by atoms with van der Waals surface area (Å²) in [5.41, 5.74) is 1.33. The maximum atomic E-state index is 9.83. The SMILES string of the molecule is CC(C)C(O)CNC1CCN(Cc2ccncc2)CC1. The van der Waals surface area contributed by atoms with E-state index in [0.717, 1.165) is 32.5 Å². The molecule has 0 aliphatic carbocycles. The summed E-state index contributed by atoms with van der Waals surface area (Å²) in [5.74, 6) is 0.328. The van der Waals surface area contributed by atoms with Crippen LogP contribution in [0.5, 0.6) is 0 Å². The van der Waals surface area contributed by atoms with E-state index in [1.165, 1.54) is 5.56 Å². The van der Waals surface area contributed by atoms with Crippen LogP contribution in [0.3, 0.4) is 0 Å². The Hall–Kier alpha value is -0.970. The van der Waals surface area contributed by atoms with Gasteiger partial charge in [-0.05, 0) is 49.5 Å². The third kappa shape index (κ3) is 4.85. The van der Waals surface area contributed by atoms with Crippen molar-refractivity contribution in [3.05, 3.63) is 30.1 Å². The maximum absolute atomic E-state index is 9.83. The van der Waals surface area contributed by atoms with Gasteiger partial charge in [0, 0.05) is 31.5 Å². The fraction of sp³-hybridized carbons (Fsp3) is 0.688. The van der Waals surface area contributed by atoms with Crippen molar-refractivity contribution in [2.75, 3.05) is 19.6 Å². The van der Waals surface area contributed by atoms with E-state index < -0.39 is 0 Å². The van der Waals surface area contributed by atoms with Gasteiger partial charge in [0.05, 0.1) is 6.10 Å². The minimum Gasteiger partial charge on any atom is -0.392 e. The normalized spacial score (nSPS) is 19.4. The molecule has 112 valence electrons. The van der Waals surface area contributed by atoms with Crippen LogP contribution in [0.1, 0.15) is 32.3 Å². The lowest BCUT2D eigenvalue weighted by Gasteiger charge is -2.33. The second-order valence-corrected chi connectivity index (χ2v) is 6.13. The Morgan fingerprint density at radius 1 is 1.30 bits per heavy atom. The summed E-state index contributed by atoms with van der Waals surface area (Å²) in [6, 6.07) is 4.73. The first-order valence-electron chi connectivity index (χ1n) is 7.68. The summed E-state index contributed by atoms with van der Waals surface area (Å²) in [4.78, 5) is 6.55. The lowest BCUT2D eigenvalue weighted by Crippen LogP contribution is -2.45. The van der Waals surface area contributed by atoms with Crippen molar-refractivity contribution >= 4 is 0 Å². The van der Waals surface area contributed by atoms with Crippen molar-refractivity contribution in [2.45, 2.75) is 45.4 Å². The molecular formula is C16H27N3O. The van der Waals surface area contributed by atoms with Crippen molar-refractivity contribution in [3.63, 3.8) is 0 Å². The van der Waals surface area contributed by atoms with E-state index in [1.807, 2.05) is 12.4 Å². The maximum Gasteiger partial charge on any atom is 0.0687 e. The zero-order valence-corrected chi connectivity index (χ0v) is 12.6. The number of nitrogens with one attached hydrogen (secondary N) is 1. The second-order valence-electron chi connectivity index (χ2n) is 6.13. The Morgan fingerprint density at radius 2 is 1.95 bits per heavy atom. The van der Waals surface area contributed by atoms with Gasteiger partial charge in [0.2, 0.25) is 0 Å². The van der Waals surface area contributed by atoms with Crippen molar-refractivity contribution in [1.29, 1.82) is 0 Å². The number of aliphatic hydroxyl groups is 1. The van der Waals surface area contributed by atoms with E-state index in [4.69, 9.17) is 0 Å². The van der Waals surface area contributed by atoms with Gasteiger partial charge in [0.1, 0.15) is 0 Å². The number of aliphatic hydroxyl groups excluding tert-OH is 1. The zero-order chi connectivity index (χ0) is 14.4. The Kier molecular flexibility index (Phi) is 5.95. The second kappa shape index (κ2) is 7.72. The first-order valence-corrected chi connectivity index (χ1v) is 7.68. The van der Waals surface area contributed by atoms with Crippen molar-refractivity contribution in [3.8, 4) is 0 Å². The highest BCUT2D eigenvalue weighted by Crippen LogP contribution is 2.13. The topological polar surface area (TPSA) is 48.4 Å². The Bertz CT molecular complexity index is 375. The Morgan fingerprint density at radius 3 is 2.55 bits per heavy atom. The molecule has 1 unspecified atom stereocenters. The number of likely N-dealkylation sites (tertiary alicyclic amines) is 1. The van der Waals surface area contributed by atoms with E-state index >= 15 is 0 Å². The monoisotopic (exact) mass is 277 g/mol. The van der Waals surface area contributed by atoms with E-state index in [0.29, 0.717) is 18.5 Å². The number of pyridine rings is 1. The Balaban J connectivity index is 1.67. The molecular weight excluding hydrogens is 250 g/mol. The van der Waals surface area contributed by atoms with Gasteiger partial charge in [-0.15, -0.1) is 0 Å². The van der Waals surface area contributed by atoms with E-state index in [-0.39, 0.29) is 6.10 Å². The third-order valence-electron chi connectivity index (χ3n) is 4.13. The van der Waals surface area contributed by atoms with E-state index in [9.17, 15) is 5.11 Å². The van der Waals surface area contributed by atoms with Crippen LogP contribution in [0.2, 0.25) is 0 Å². The fourth-order valence-corrected chi connectivity index (χ4v) is 2.56. The average Bonchev–Trinajstić information content (AvgIpc) is 2.47. The molecule has 4 heteroatoms. The number of hydrogen-bond donors (Lipinski definition) is 2. The smallest absolute Gasteiger partial charge is 0.0687 e. The molecule has 4 nitrogen and oxygen atoms in total. The molecule has 0 radical (unpaired) electrons. The fourth-order valence-electron chi connectivity index (χ4n) is 2.56. The summed E-state index contributed by atoms with van der Waals surface area (Å²) in [5, 5.41) is 13.3. The van der Waals surface area contributed by atoms with Gasteiger partial charge in [0.25, 0.3) is 0 Å². The molecule has 20 heavy (non-hydrogen) atoms. The average molecular weight is 277 g/mol. The van der Waals surface area contributed by atoms with Crippen LogP contribution in [0.25, 0.3) is 0 Å². The first-order chi connectivity index (χ1) is 9.65. The molecule has 1 aliphatic heterocycles. The molecule has 0 saturated carbocycles. The minimum atomic E-state index is -0.232. The predicted molar refractivity (Wildman–Crippen MR) is 81.4 cm³/mol. The molecule has 2 rings (SSSR count). The van der Waals surface area contributed by atoms with Crippen LogP contribution in [-0.4, -0.2) is 46.8 Å². The molecule has 0 spiro atoms. The summed E-state index contributed by atoms with van der Waals surface area (Å²) >= 11 is 0. The molecule has 1 aromatic heterocycles. The van der Waals surface area contributed by atoms with Gasteiger partial charge < -0.3 is 10.4 Å². The van der Waals surface area contributed by atoms with Gasteiger partial charge >= 0.3 is 0 Å². The molecule has 1 atom stereocenters. The van der Waals surface area contributed by atoms with Crippen LogP contribution < -0.4 is 5.32 Å². The molecule has 0 aromatic carbocycles. The van der Waals surface area contributed by atoms with Crippen molar-refractivity contribution in [1.82, 2.24) is 15.2 Å². The standard InChI is InChI=1S/C16H27N3O/c1-13(2)16(20)11-18-15-5-9-19(10-6-15)12-14-3-7-17-8-4-14/h3-4,7-8,13,15-16,18,20H,5-6,9-12H2,1-2H3. The highest BCUT2D eigenvalue weighted by atomic mass is 16.3. The number of rotatable bonds is 6. The zero-order valence-electron chi connectivity index (χ0n) is 12.6. The minimum absolute atomic E-state index is 0.232. The predicted octanol–water partition coefficient (Wildman–Crippen LogP) is 1.65. The van der Waals surface area contributed by atoms with Crippen molar-refractivity contribution in [2.24, 2.45) is 5.92 Å². The third-order valence-corrected chi connectivity index (χ3v) is 4.13. The van der Waals surface area contributed by atoms with Gasteiger partial charge in [-0.2, -0.15) is 0 Å². The lowest BCUT2D eigenvalue weighted by molar-refractivity contribution is 0.111. The van der Waals surface area contributed by atoms with Gasteiger partial charge in [0.15, 0.2) is 0 Å². The molecule has 1 aromatic rings. The molecule has 2 heterocycles. The highest BCUT2D eigenvalue weighted by Gasteiger charge is 2.20. The molecule has 0 amide bonds. The largest absolute Gasteiger partial charge is 0.392 e. The van der Waals surface area contributed by atoms with Crippen LogP contribution in [0.4, 0.5) is 0 Å². The summed E-state index contributed by atoms with van der Waals surface area (Å²) in [6.45, 7) is 8.10. The summed E-state index contributed by atoms with van der Waals surface area (Å²) in [6.07, 6.45) is 5.81. The van der Waals surface area contributed by atoms with Gasteiger partial charge in [-0.3, -0.25) is 9.88 Å². The number of hydrogen-bond acceptors (Lipinski definition) is 4. The van der Waals surface area contributed by atoms with Crippen LogP contribution in [0, 0.1) is 5.92 Å². The van der Waals surface area contributed by atoms with Crippen molar-refractivity contribution < 1.29 is 5.11 Å². The van der Waals surface area contributed by atoms with Crippen LogP contribution in [0.15, 0.2) is 24.5 Å². The number of nitrogens with zero attached hydrogens (tertiary/aromatic N) is 2. The van der Waals surface area contributed by atoms with E-state index in [1.54, 1.807) is 0 Å². The van der Waals surface area contributed by atoms with Gasteiger partial charge in [-0.1, -0.05) is 13.8 Å². The summed E-state index contributed by atoms with van der Waals surface area (Å²) in [7, 11) is 0. The molecule has 0 bridgehead atoms. The first kappa shape index (κ1) is 15.4. The van der Waals surface area contributed by atoms with Crippen LogP contribution >= 0.6 is 0 Å². The molecule has 2 N–H and O–H groups in total. The number of piperidine rings is 1. The lowest BCUT2D eigenvalue weighted by atomic mass is 10.0. The van der Waals surface area contributed by atoms with Crippen LogP contribution in [-0.2, 0) is 6.54 Å². The molecule has 1 aliphatic rings. The quantitative estimate of drug-likeness (QED) is 0.830. The molecule has 1 saturated heterocycles. The Labute approximate surface area is 122 Å². The molecule has 1 fully saturated rings. The highest BCUT2D eigenvalue weighted by molar-refractivity contribution is 5.09. The van der Waals surface area contributed by atoms with Gasteiger partial charge in [-0.25, -0.2) is 0 Å². The van der Waals surface area contributed by atoms with E-state index in [2.05, 4.69) is 41.2 Å². The summed E-state index contributed by atoms with van der Waals surface area (Å²) < 4.78 is 0.